The van der Waals surface area contributed by atoms with E-state index in [-0.39, 0.29) is 30.6 Å². The van der Waals surface area contributed by atoms with Crippen LogP contribution in [0.2, 0.25) is 0 Å². The minimum atomic E-state index is -0.531. The van der Waals surface area contributed by atoms with E-state index < -0.39 is 4.92 Å². The first-order valence-corrected chi connectivity index (χ1v) is 8.67. The van der Waals surface area contributed by atoms with Crippen LogP contribution in [0.3, 0.4) is 0 Å². The van der Waals surface area contributed by atoms with E-state index in [1.54, 1.807) is 10.9 Å². The van der Waals surface area contributed by atoms with Gasteiger partial charge in [0.2, 0.25) is 5.91 Å². The molecule has 2 heterocycles. The van der Waals surface area contributed by atoms with Gasteiger partial charge in [0, 0.05) is 0 Å². The summed E-state index contributed by atoms with van der Waals surface area (Å²) in [5.41, 5.74) is 1.86. The molecule has 3 rings (SSSR count). The summed E-state index contributed by atoms with van der Waals surface area (Å²) in [5.74, 6) is 0.363. The minimum absolute atomic E-state index is 0.121. The molecule has 0 unspecified atom stereocenters. The zero-order valence-electron chi connectivity index (χ0n) is 15.5. The van der Waals surface area contributed by atoms with E-state index in [4.69, 9.17) is 4.74 Å². The summed E-state index contributed by atoms with van der Waals surface area (Å²) in [7, 11) is 0. The Bertz CT molecular complexity index is 976. The number of hydrogen-bond donors (Lipinski definition) is 1. The van der Waals surface area contributed by atoms with Gasteiger partial charge in [-0.3, -0.25) is 19.6 Å². The number of aryl methyl sites for hydroxylation is 2. The largest absolute Gasteiger partial charge is 0.471 e. The second-order valence-electron chi connectivity index (χ2n) is 6.14. The Morgan fingerprint density at radius 2 is 2.00 bits per heavy atom. The molecule has 10 nitrogen and oxygen atoms in total. The lowest BCUT2D eigenvalue weighted by atomic mass is 10.2. The number of benzene rings is 1. The van der Waals surface area contributed by atoms with Crippen LogP contribution in [-0.4, -0.2) is 30.4 Å². The van der Waals surface area contributed by atoms with E-state index >= 15 is 0 Å². The number of aromatic nitrogens is 4. The second kappa shape index (κ2) is 8.33. The van der Waals surface area contributed by atoms with Crippen LogP contribution in [0.4, 0.5) is 11.4 Å². The van der Waals surface area contributed by atoms with Crippen LogP contribution in [0.5, 0.6) is 5.75 Å². The number of hydrogen-bond acceptors (Lipinski definition) is 6. The smallest absolute Gasteiger partial charge is 0.309 e. The molecule has 0 saturated heterocycles. The van der Waals surface area contributed by atoms with Crippen molar-refractivity contribution in [2.75, 3.05) is 5.32 Å². The fourth-order valence-corrected chi connectivity index (χ4v) is 2.58. The summed E-state index contributed by atoms with van der Waals surface area (Å²) < 4.78 is 8.43. The van der Waals surface area contributed by atoms with Gasteiger partial charge in [0.15, 0.2) is 6.73 Å². The van der Waals surface area contributed by atoms with Gasteiger partial charge in [-0.15, -0.1) is 0 Å². The van der Waals surface area contributed by atoms with Crippen LogP contribution in [0.15, 0.2) is 42.9 Å². The first-order valence-electron chi connectivity index (χ1n) is 8.67. The highest BCUT2D eigenvalue weighted by atomic mass is 16.6. The second-order valence-corrected chi connectivity index (χ2v) is 6.14. The van der Waals surface area contributed by atoms with Crippen LogP contribution < -0.4 is 10.1 Å². The summed E-state index contributed by atoms with van der Waals surface area (Å²) in [6.07, 6.45) is 5.33. The first-order chi connectivity index (χ1) is 13.4. The average molecular weight is 384 g/mol. The maximum absolute atomic E-state index is 12.1. The molecule has 1 amide bonds. The molecule has 2 aromatic heterocycles. The number of carbonyl (C=O) groups excluding carboxylic acids is 1. The predicted molar refractivity (Wildman–Crippen MR) is 101 cm³/mol. The lowest BCUT2D eigenvalue weighted by Crippen LogP contribution is -2.18. The van der Waals surface area contributed by atoms with E-state index in [0.717, 1.165) is 12.2 Å². The Kier molecular flexibility index (Phi) is 5.68. The topological polar surface area (TPSA) is 117 Å². The maximum atomic E-state index is 12.1. The molecule has 0 fully saturated rings. The summed E-state index contributed by atoms with van der Waals surface area (Å²) in [4.78, 5) is 22.4. The van der Waals surface area contributed by atoms with Crippen molar-refractivity contribution in [3.05, 3.63) is 64.2 Å². The lowest BCUT2D eigenvalue weighted by Gasteiger charge is -2.06. The molecule has 0 atom stereocenters. The van der Waals surface area contributed by atoms with Gasteiger partial charge < -0.3 is 10.1 Å². The van der Waals surface area contributed by atoms with E-state index in [2.05, 4.69) is 22.4 Å². The molecular formula is C18H20N6O4. The molecule has 0 bridgehead atoms. The zero-order valence-corrected chi connectivity index (χ0v) is 15.5. The van der Waals surface area contributed by atoms with E-state index in [9.17, 15) is 14.9 Å². The van der Waals surface area contributed by atoms with Gasteiger partial charge in [0.05, 0.1) is 23.0 Å². The Balaban J connectivity index is 1.52. The molecule has 10 heteroatoms. The molecule has 28 heavy (non-hydrogen) atoms. The van der Waals surface area contributed by atoms with Crippen LogP contribution in [-0.2, 0) is 24.5 Å². The van der Waals surface area contributed by atoms with Gasteiger partial charge in [-0.2, -0.15) is 10.2 Å². The van der Waals surface area contributed by atoms with Crippen molar-refractivity contribution in [3.63, 3.8) is 0 Å². The van der Waals surface area contributed by atoms with Gasteiger partial charge in [0.25, 0.3) is 0 Å². The molecule has 0 saturated carbocycles. The van der Waals surface area contributed by atoms with Crippen molar-refractivity contribution in [1.82, 2.24) is 19.6 Å². The highest BCUT2D eigenvalue weighted by Gasteiger charge is 2.16. The van der Waals surface area contributed by atoms with Crippen LogP contribution in [0.1, 0.15) is 18.2 Å². The molecule has 3 aromatic rings. The van der Waals surface area contributed by atoms with Gasteiger partial charge >= 0.3 is 5.69 Å². The SMILES string of the molecule is CCc1ccc(OCn2cc(NC(=O)Cn3cc([N+](=O)[O-])c(C)n3)cn2)cc1. The Labute approximate surface area is 160 Å². The van der Waals surface area contributed by atoms with Crippen LogP contribution in [0.25, 0.3) is 0 Å². The van der Waals surface area contributed by atoms with Gasteiger partial charge in [-0.05, 0) is 31.0 Å². The fourth-order valence-electron chi connectivity index (χ4n) is 2.58. The molecular weight excluding hydrogens is 364 g/mol. The number of nitrogens with zero attached hydrogens (tertiary/aromatic N) is 5. The fraction of sp³-hybridized carbons (Fsp3) is 0.278. The van der Waals surface area contributed by atoms with Crippen LogP contribution in [0, 0.1) is 17.0 Å². The van der Waals surface area contributed by atoms with E-state index in [1.165, 1.54) is 29.6 Å². The third kappa shape index (κ3) is 4.72. The molecule has 0 spiro atoms. The number of nitrogens with one attached hydrogen (secondary N) is 1. The average Bonchev–Trinajstić information content (AvgIpc) is 3.26. The monoisotopic (exact) mass is 384 g/mol. The zero-order chi connectivity index (χ0) is 20.1. The molecule has 1 N–H and O–H groups in total. The first kappa shape index (κ1) is 19.1. The highest BCUT2D eigenvalue weighted by Crippen LogP contribution is 2.16. The van der Waals surface area contributed by atoms with Gasteiger partial charge in [-0.25, -0.2) is 4.68 Å². The van der Waals surface area contributed by atoms with Crippen molar-refractivity contribution in [2.24, 2.45) is 0 Å². The molecule has 0 aliphatic carbocycles. The minimum Gasteiger partial charge on any atom is -0.471 e. The number of nitro groups is 1. The van der Waals surface area contributed by atoms with E-state index in [0.29, 0.717) is 5.69 Å². The number of amides is 1. The van der Waals surface area contributed by atoms with Crippen molar-refractivity contribution < 1.29 is 14.5 Å². The summed E-state index contributed by atoms with van der Waals surface area (Å²) in [6.45, 7) is 3.67. The highest BCUT2D eigenvalue weighted by molar-refractivity contribution is 5.90. The summed E-state index contributed by atoms with van der Waals surface area (Å²) in [5, 5.41) is 21.6. The molecule has 1 aromatic carbocycles. The molecule has 0 aliphatic heterocycles. The Morgan fingerprint density at radius 1 is 1.25 bits per heavy atom. The maximum Gasteiger partial charge on any atom is 0.309 e. The van der Waals surface area contributed by atoms with Gasteiger partial charge in [-0.1, -0.05) is 19.1 Å². The normalized spacial score (nSPS) is 10.6. The summed E-state index contributed by atoms with van der Waals surface area (Å²) >= 11 is 0. The van der Waals surface area contributed by atoms with Gasteiger partial charge in [0.1, 0.15) is 24.2 Å². The number of ether oxygens (including phenoxy) is 1. The number of rotatable bonds is 8. The standard InChI is InChI=1S/C18H20N6O4/c1-3-14-4-6-16(7-5-14)28-12-23-9-15(8-19-23)20-18(25)11-22-10-17(24(26)27)13(2)21-22/h4-10H,3,11-12H2,1-2H3,(H,20,25). The van der Waals surface area contributed by atoms with E-state index in [1.807, 2.05) is 24.3 Å². The molecule has 0 radical (unpaired) electrons. The number of carbonyl (C=O) groups is 1. The summed E-state index contributed by atoms with van der Waals surface area (Å²) in [6, 6.07) is 7.81. The van der Waals surface area contributed by atoms with Crippen molar-refractivity contribution in [3.8, 4) is 5.75 Å². The Hall–Kier alpha value is -3.69. The molecule has 0 aliphatic rings. The predicted octanol–water partition coefficient (Wildman–Crippen LogP) is 2.53. The third-order valence-electron chi connectivity index (χ3n) is 4.03. The van der Waals surface area contributed by atoms with Crippen molar-refractivity contribution >= 4 is 17.3 Å². The van der Waals surface area contributed by atoms with Crippen molar-refractivity contribution in [2.45, 2.75) is 33.5 Å². The van der Waals surface area contributed by atoms with Crippen molar-refractivity contribution in [1.29, 1.82) is 0 Å². The quantitative estimate of drug-likeness (QED) is 0.471. The van der Waals surface area contributed by atoms with Crippen LogP contribution >= 0.6 is 0 Å². The number of anilines is 1. The Morgan fingerprint density at radius 3 is 2.64 bits per heavy atom. The molecule has 146 valence electrons. The third-order valence-corrected chi connectivity index (χ3v) is 4.03. The lowest BCUT2D eigenvalue weighted by molar-refractivity contribution is -0.385.